The van der Waals surface area contributed by atoms with Crippen LogP contribution in [0, 0.1) is 0 Å². The molecule has 0 aliphatic carbocycles. The third-order valence-electron chi connectivity index (χ3n) is 3.94. The van der Waals surface area contributed by atoms with Crippen molar-refractivity contribution in [1.29, 1.82) is 0 Å². The lowest BCUT2D eigenvalue weighted by atomic mass is 9.89. The van der Waals surface area contributed by atoms with Crippen molar-refractivity contribution in [3.63, 3.8) is 0 Å². The molecule has 1 heterocycles. The highest BCUT2D eigenvalue weighted by atomic mass is 16.5. The normalized spacial score (nSPS) is 23.6. The molecule has 1 aliphatic heterocycles. The molecule has 0 spiro atoms. The molecule has 1 unspecified atom stereocenters. The van der Waals surface area contributed by atoms with E-state index in [4.69, 9.17) is 4.74 Å². The second-order valence-corrected chi connectivity index (χ2v) is 5.30. The van der Waals surface area contributed by atoms with Gasteiger partial charge in [0.05, 0.1) is 6.61 Å². The number of hydrogen-bond donors (Lipinski definition) is 1. The summed E-state index contributed by atoms with van der Waals surface area (Å²) < 4.78 is 5.48. The van der Waals surface area contributed by atoms with Crippen molar-refractivity contribution >= 4 is 0 Å². The maximum absolute atomic E-state index is 5.48. The van der Waals surface area contributed by atoms with Gasteiger partial charge in [-0.25, -0.2) is 0 Å². The van der Waals surface area contributed by atoms with Crippen LogP contribution in [-0.4, -0.2) is 44.2 Å². The molecule has 0 aromatic heterocycles. The van der Waals surface area contributed by atoms with Crippen LogP contribution in [0.2, 0.25) is 0 Å². The summed E-state index contributed by atoms with van der Waals surface area (Å²) >= 11 is 0. The van der Waals surface area contributed by atoms with Crippen molar-refractivity contribution in [2.75, 3.05) is 33.8 Å². The largest absolute Gasteiger partial charge is 0.494 e. The summed E-state index contributed by atoms with van der Waals surface area (Å²) in [6, 6.07) is 8.53. The second kappa shape index (κ2) is 5.72. The molecule has 2 rings (SSSR count). The van der Waals surface area contributed by atoms with Gasteiger partial charge >= 0.3 is 0 Å². The van der Waals surface area contributed by atoms with Gasteiger partial charge in [-0.05, 0) is 58.1 Å². The topological polar surface area (TPSA) is 24.5 Å². The van der Waals surface area contributed by atoms with E-state index >= 15 is 0 Å². The molecule has 0 radical (unpaired) electrons. The van der Waals surface area contributed by atoms with E-state index in [0.29, 0.717) is 0 Å². The summed E-state index contributed by atoms with van der Waals surface area (Å²) in [5, 5.41) is 3.48. The molecule has 0 saturated carbocycles. The first-order valence-electron chi connectivity index (χ1n) is 6.76. The second-order valence-electron chi connectivity index (χ2n) is 5.30. The van der Waals surface area contributed by atoms with Crippen LogP contribution in [-0.2, 0) is 6.42 Å². The first-order valence-corrected chi connectivity index (χ1v) is 6.76. The van der Waals surface area contributed by atoms with E-state index in [0.717, 1.165) is 31.9 Å². The third-order valence-corrected chi connectivity index (χ3v) is 3.94. The van der Waals surface area contributed by atoms with Gasteiger partial charge < -0.3 is 15.0 Å². The number of likely N-dealkylation sites (N-methyl/N-ethyl adjacent to an activating group) is 1. The quantitative estimate of drug-likeness (QED) is 0.861. The molecule has 1 aromatic carbocycles. The lowest BCUT2D eigenvalue weighted by molar-refractivity contribution is 0.172. The van der Waals surface area contributed by atoms with Crippen molar-refractivity contribution in [1.82, 2.24) is 10.2 Å². The van der Waals surface area contributed by atoms with Crippen LogP contribution in [0.3, 0.4) is 0 Å². The SMILES string of the molecule is CCOc1ccc(CC2(N(C)C)CCNC2)cc1. The molecular weight excluding hydrogens is 224 g/mol. The van der Waals surface area contributed by atoms with E-state index in [1.54, 1.807) is 0 Å². The van der Waals surface area contributed by atoms with Crippen LogP contribution in [0.1, 0.15) is 18.9 Å². The highest BCUT2D eigenvalue weighted by molar-refractivity contribution is 5.29. The molecule has 1 aliphatic rings. The Hall–Kier alpha value is -1.06. The average Bonchev–Trinajstić information content (AvgIpc) is 2.82. The Bertz CT molecular complexity index is 367. The van der Waals surface area contributed by atoms with Crippen molar-refractivity contribution in [2.45, 2.75) is 25.3 Å². The van der Waals surface area contributed by atoms with E-state index in [-0.39, 0.29) is 5.54 Å². The Morgan fingerprint density at radius 1 is 1.28 bits per heavy atom. The predicted molar refractivity (Wildman–Crippen MR) is 75.2 cm³/mol. The summed E-state index contributed by atoms with van der Waals surface area (Å²) in [7, 11) is 4.36. The Morgan fingerprint density at radius 3 is 2.50 bits per heavy atom. The fourth-order valence-electron chi connectivity index (χ4n) is 2.67. The Morgan fingerprint density at radius 2 is 2.00 bits per heavy atom. The number of benzene rings is 1. The lowest BCUT2D eigenvalue weighted by Crippen LogP contribution is -2.47. The molecule has 1 saturated heterocycles. The van der Waals surface area contributed by atoms with Gasteiger partial charge in [-0.2, -0.15) is 0 Å². The fourth-order valence-corrected chi connectivity index (χ4v) is 2.67. The summed E-state index contributed by atoms with van der Waals surface area (Å²) in [5.41, 5.74) is 1.66. The smallest absolute Gasteiger partial charge is 0.119 e. The van der Waals surface area contributed by atoms with Crippen molar-refractivity contribution in [3.8, 4) is 5.75 Å². The minimum atomic E-state index is 0.271. The van der Waals surface area contributed by atoms with Crippen LogP contribution < -0.4 is 10.1 Å². The minimum Gasteiger partial charge on any atom is -0.494 e. The Balaban J connectivity index is 2.07. The Labute approximate surface area is 110 Å². The molecule has 18 heavy (non-hydrogen) atoms. The zero-order chi connectivity index (χ0) is 13.0. The van der Waals surface area contributed by atoms with Gasteiger partial charge in [0.2, 0.25) is 0 Å². The van der Waals surface area contributed by atoms with E-state index in [9.17, 15) is 0 Å². The van der Waals surface area contributed by atoms with E-state index < -0.39 is 0 Å². The average molecular weight is 248 g/mol. The van der Waals surface area contributed by atoms with Gasteiger partial charge in [0.1, 0.15) is 5.75 Å². The van der Waals surface area contributed by atoms with Crippen LogP contribution in [0.4, 0.5) is 0 Å². The first kappa shape index (κ1) is 13.4. The monoisotopic (exact) mass is 248 g/mol. The number of rotatable bonds is 5. The van der Waals surface area contributed by atoms with Crippen molar-refractivity contribution in [3.05, 3.63) is 29.8 Å². The van der Waals surface area contributed by atoms with Gasteiger partial charge in [0.15, 0.2) is 0 Å². The van der Waals surface area contributed by atoms with Gasteiger partial charge in [0, 0.05) is 12.1 Å². The van der Waals surface area contributed by atoms with Crippen molar-refractivity contribution in [2.24, 2.45) is 0 Å². The number of nitrogens with one attached hydrogen (secondary N) is 1. The van der Waals surface area contributed by atoms with Gasteiger partial charge in [-0.1, -0.05) is 12.1 Å². The summed E-state index contributed by atoms with van der Waals surface area (Å²) in [6.07, 6.45) is 2.31. The number of ether oxygens (including phenoxy) is 1. The number of nitrogens with zero attached hydrogens (tertiary/aromatic N) is 1. The maximum atomic E-state index is 5.48. The highest BCUT2D eigenvalue weighted by Gasteiger charge is 2.35. The van der Waals surface area contributed by atoms with Crippen molar-refractivity contribution < 1.29 is 4.74 Å². The van der Waals surface area contributed by atoms with Gasteiger partial charge in [-0.3, -0.25) is 0 Å². The zero-order valence-electron chi connectivity index (χ0n) is 11.7. The van der Waals surface area contributed by atoms with Crippen LogP contribution in [0.25, 0.3) is 0 Å². The maximum Gasteiger partial charge on any atom is 0.119 e. The third kappa shape index (κ3) is 2.85. The molecule has 3 nitrogen and oxygen atoms in total. The molecule has 0 amide bonds. The van der Waals surface area contributed by atoms with Crippen LogP contribution in [0.15, 0.2) is 24.3 Å². The highest BCUT2D eigenvalue weighted by Crippen LogP contribution is 2.26. The Kier molecular flexibility index (Phi) is 4.25. The van der Waals surface area contributed by atoms with Crippen LogP contribution >= 0.6 is 0 Å². The molecule has 100 valence electrons. The molecule has 3 heteroatoms. The molecule has 1 atom stereocenters. The van der Waals surface area contributed by atoms with E-state index in [1.807, 2.05) is 6.92 Å². The van der Waals surface area contributed by atoms with Crippen LogP contribution in [0.5, 0.6) is 5.75 Å². The summed E-state index contributed by atoms with van der Waals surface area (Å²) in [6.45, 7) is 4.94. The number of hydrogen-bond acceptors (Lipinski definition) is 3. The zero-order valence-corrected chi connectivity index (χ0v) is 11.7. The molecule has 1 fully saturated rings. The fraction of sp³-hybridized carbons (Fsp3) is 0.600. The first-order chi connectivity index (χ1) is 8.66. The summed E-state index contributed by atoms with van der Waals surface area (Å²) in [5.74, 6) is 0.963. The molecular formula is C15H24N2O. The minimum absolute atomic E-state index is 0.271. The van der Waals surface area contributed by atoms with E-state index in [2.05, 4.69) is 48.6 Å². The standard InChI is InChI=1S/C15H24N2O/c1-4-18-14-7-5-13(6-8-14)11-15(17(2)3)9-10-16-12-15/h5-8,16H,4,9-12H2,1-3H3. The van der Waals surface area contributed by atoms with E-state index in [1.165, 1.54) is 12.0 Å². The van der Waals surface area contributed by atoms with Gasteiger partial charge in [-0.15, -0.1) is 0 Å². The predicted octanol–water partition coefficient (Wildman–Crippen LogP) is 1.92. The summed E-state index contributed by atoms with van der Waals surface area (Å²) in [4.78, 5) is 2.36. The lowest BCUT2D eigenvalue weighted by Gasteiger charge is -2.36. The molecule has 1 aromatic rings. The molecule has 1 N–H and O–H groups in total. The van der Waals surface area contributed by atoms with Gasteiger partial charge in [0.25, 0.3) is 0 Å². The molecule has 0 bridgehead atoms.